The highest BCUT2D eigenvalue weighted by atomic mass is 35.5. The van der Waals surface area contributed by atoms with Gasteiger partial charge in [0.1, 0.15) is 34.0 Å². The van der Waals surface area contributed by atoms with Crippen LogP contribution in [0.2, 0.25) is 10.0 Å². The number of aliphatic carboxylic acids is 1. The molecule has 2 atom stereocenters. The van der Waals surface area contributed by atoms with E-state index < -0.39 is 5.97 Å². The number of thiophene rings is 2. The monoisotopic (exact) mass is 926 g/mol. The quantitative estimate of drug-likeness (QED) is 0.0941. The van der Waals surface area contributed by atoms with E-state index in [2.05, 4.69) is 45.7 Å². The highest BCUT2D eigenvalue weighted by Gasteiger charge is 2.32. The second-order valence-corrected chi connectivity index (χ2v) is 18.9. The van der Waals surface area contributed by atoms with E-state index in [4.69, 9.17) is 23.2 Å². The van der Waals surface area contributed by atoms with Crippen molar-refractivity contribution >= 4 is 112 Å². The molecule has 2 aliphatic carbocycles. The Hall–Kier alpha value is -5.50. The number of anilines is 4. The van der Waals surface area contributed by atoms with Crippen LogP contribution in [0.5, 0.6) is 0 Å². The maximum Gasteiger partial charge on any atom is 0.306 e. The average molecular weight is 928 g/mol. The average Bonchev–Trinajstić information content (AvgIpc) is 4.08. The Kier molecular flexibility index (Phi) is 12.4. The van der Waals surface area contributed by atoms with Gasteiger partial charge in [-0.1, -0.05) is 23.2 Å². The van der Waals surface area contributed by atoms with Gasteiger partial charge < -0.3 is 30.6 Å². The molecule has 1 amide bonds. The van der Waals surface area contributed by atoms with Gasteiger partial charge in [-0.05, 0) is 101 Å². The summed E-state index contributed by atoms with van der Waals surface area (Å²) in [5.74, 6) is 0.406. The first-order valence-electron chi connectivity index (χ1n) is 20.6. The number of fused-ring (bicyclic) bond motifs is 8. The van der Waals surface area contributed by atoms with E-state index in [9.17, 15) is 19.8 Å². The summed E-state index contributed by atoms with van der Waals surface area (Å²) in [4.78, 5) is 50.6. The number of pyridine rings is 2. The number of nitrogens with zero attached hydrogens (tertiary/aromatic N) is 10. The third kappa shape index (κ3) is 8.88. The molecule has 8 aromatic rings. The van der Waals surface area contributed by atoms with Crippen molar-refractivity contribution in [2.24, 2.45) is 11.8 Å². The minimum atomic E-state index is -0.733. The number of halogens is 2. The molecule has 0 radical (unpaired) electrons. The van der Waals surface area contributed by atoms with Gasteiger partial charge in [-0.15, -0.1) is 22.7 Å². The van der Waals surface area contributed by atoms with Crippen LogP contribution in [0.1, 0.15) is 40.1 Å². The number of aromatic nitrogens is 8. The summed E-state index contributed by atoms with van der Waals surface area (Å²) in [6, 6.07) is 7.68. The van der Waals surface area contributed by atoms with E-state index in [0.717, 1.165) is 84.9 Å². The molecule has 8 heterocycles. The van der Waals surface area contributed by atoms with E-state index in [1.807, 2.05) is 43.3 Å². The first-order chi connectivity index (χ1) is 30.5. The molecule has 16 nitrogen and oxygen atoms in total. The molecule has 63 heavy (non-hydrogen) atoms. The van der Waals surface area contributed by atoms with Crippen LogP contribution in [0.15, 0.2) is 61.7 Å². The number of carboxylic acid groups (broad SMARTS) is 1. The fourth-order valence-corrected chi connectivity index (χ4v) is 11.4. The Morgan fingerprint density at radius 2 is 1.30 bits per heavy atom. The lowest BCUT2D eigenvalue weighted by Gasteiger charge is -2.29. The largest absolute Gasteiger partial charge is 0.481 e. The number of hydrogen-bond acceptors (Lipinski definition) is 14. The fourth-order valence-electron chi connectivity index (χ4n) is 8.45. The number of carbonyl (C=O) groups excluding carboxylic acids is 1. The summed E-state index contributed by atoms with van der Waals surface area (Å²) in [5.41, 5.74) is 5.71. The first-order valence-corrected chi connectivity index (χ1v) is 23.0. The zero-order chi connectivity index (χ0) is 43.8. The standard InChI is InChI=1S/C25H30ClN7O2S.C18H14ClN5O2S/c1-31(2)8-3-9-32(10-11-34)25(35)16-4-5-18-21(12-16)36-24-22(18)23(27-15-28-24)30-20-13-17-6-7-29-33(17)14-19(20)26;19-12-7-24-10(3-4-22-24)6-13(12)23-16-15-11-2-1-9(18(25)26)5-14(11)27-17(15)21-8-20-16/h6-7,13-16,34H,3-5,8-12H2,1-2H3,(H,27,28,30);3-4,6-9H,1-2,5H2,(H,25,26)(H,20,21,23)/t16-;9-/m00/s1. The number of aliphatic hydroxyl groups is 1. The molecule has 20 heteroatoms. The van der Waals surface area contributed by atoms with Gasteiger partial charge in [0.25, 0.3) is 0 Å². The van der Waals surface area contributed by atoms with Crippen LogP contribution < -0.4 is 10.6 Å². The summed E-state index contributed by atoms with van der Waals surface area (Å²) in [6.07, 6.45) is 15.1. The van der Waals surface area contributed by atoms with E-state index in [-0.39, 0.29) is 24.3 Å². The van der Waals surface area contributed by atoms with Crippen LogP contribution in [0, 0.1) is 11.8 Å². The van der Waals surface area contributed by atoms with Crippen LogP contribution >= 0.6 is 45.9 Å². The minimum absolute atomic E-state index is 0.0210. The van der Waals surface area contributed by atoms with Crippen molar-refractivity contribution in [3.8, 4) is 0 Å². The van der Waals surface area contributed by atoms with Crippen molar-refractivity contribution in [3.05, 3.63) is 92.6 Å². The van der Waals surface area contributed by atoms with Gasteiger partial charge in [0.2, 0.25) is 5.91 Å². The highest BCUT2D eigenvalue weighted by molar-refractivity contribution is 7.19. The van der Waals surface area contributed by atoms with Gasteiger partial charge in [-0.2, -0.15) is 10.2 Å². The third-order valence-electron chi connectivity index (χ3n) is 11.6. The fraction of sp³-hybridized carbons (Fsp3) is 0.349. The Morgan fingerprint density at radius 1 is 0.778 bits per heavy atom. The molecule has 0 unspecified atom stereocenters. The first kappa shape index (κ1) is 42.8. The topological polar surface area (TPSA) is 191 Å². The molecular formula is C43H44Cl2N12O4S2. The summed E-state index contributed by atoms with van der Waals surface area (Å²) in [6.45, 7) is 1.93. The lowest BCUT2D eigenvalue weighted by molar-refractivity contribution is -0.142. The molecule has 0 aromatic carbocycles. The van der Waals surface area contributed by atoms with Crippen LogP contribution in [0.4, 0.5) is 23.0 Å². The van der Waals surface area contributed by atoms with E-state index in [0.29, 0.717) is 54.6 Å². The van der Waals surface area contributed by atoms with Gasteiger partial charge in [0.15, 0.2) is 0 Å². The molecule has 0 fully saturated rings. The number of carboxylic acids is 1. The molecule has 10 rings (SSSR count). The Balaban J connectivity index is 0.000000166. The predicted molar refractivity (Wildman–Crippen MR) is 247 cm³/mol. The minimum Gasteiger partial charge on any atom is -0.481 e. The number of hydrogen-bond donors (Lipinski definition) is 4. The molecule has 326 valence electrons. The maximum absolute atomic E-state index is 13.4. The molecule has 8 aromatic heterocycles. The molecule has 0 bridgehead atoms. The van der Waals surface area contributed by atoms with Crippen molar-refractivity contribution < 1.29 is 19.8 Å². The molecule has 2 aliphatic rings. The Bertz CT molecular complexity index is 2980. The van der Waals surface area contributed by atoms with Crippen molar-refractivity contribution in [2.45, 2.75) is 44.9 Å². The van der Waals surface area contributed by atoms with E-state index >= 15 is 0 Å². The second-order valence-electron chi connectivity index (χ2n) is 16.0. The van der Waals surface area contributed by atoms with E-state index in [1.165, 1.54) is 16.8 Å². The molecular weight excluding hydrogens is 884 g/mol. The van der Waals surface area contributed by atoms with Crippen LogP contribution in [0.25, 0.3) is 31.5 Å². The molecule has 0 saturated carbocycles. The summed E-state index contributed by atoms with van der Waals surface area (Å²) >= 11 is 16.1. The second kappa shape index (κ2) is 18.3. The summed E-state index contributed by atoms with van der Waals surface area (Å²) in [7, 11) is 4.05. The van der Waals surface area contributed by atoms with Gasteiger partial charge >= 0.3 is 5.97 Å². The van der Waals surface area contributed by atoms with Crippen molar-refractivity contribution in [1.82, 2.24) is 49.0 Å². The van der Waals surface area contributed by atoms with Crippen molar-refractivity contribution in [2.75, 3.05) is 51.0 Å². The maximum atomic E-state index is 13.4. The van der Waals surface area contributed by atoms with Crippen molar-refractivity contribution in [3.63, 3.8) is 0 Å². The van der Waals surface area contributed by atoms with Gasteiger partial charge in [0.05, 0.1) is 55.8 Å². The van der Waals surface area contributed by atoms with Gasteiger partial charge in [-0.3, -0.25) is 9.59 Å². The number of aryl methyl sites for hydroxylation is 2. The van der Waals surface area contributed by atoms with Gasteiger partial charge in [-0.25, -0.2) is 29.0 Å². The smallest absolute Gasteiger partial charge is 0.306 e. The zero-order valence-corrected chi connectivity index (χ0v) is 37.6. The SMILES string of the molecule is CN(C)CCCN(CCO)C(=O)[C@H]1CCc2c(sc3ncnc(Nc4cc5ccnn5cc4Cl)c23)C1.O=C(O)[C@H]1CCc2c(sc3ncnc(Nc4cc5ccnn5cc4Cl)c23)C1. The normalized spacial score (nSPS) is 16.0. The van der Waals surface area contributed by atoms with Crippen LogP contribution in [0.3, 0.4) is 0 Å². The number of rotatable bonds is 12. The lowest BCUT2D eigenvalue weighted by Crippen LogP contribution is -2.41. The molecule has 4 N–H and O–H groups in total. The molecule has 0 saturated heterocycles. The Morgan fingerprint density at radius 3 is 1.81 bits per heavy atom. The molecule has 0 spiro atoms. The lowest BCUT2D eigenvalue weighted by atomic mass is 9.86. The number of nitrogens with one attached hydrogen (secondary N) is 2. The summed E-state index contributed by atoms with van der Waals surface area (Å²) in [5, 5.41) is 37.1. The third-order valence-corrected chi connectivity index (χ3v) is 14.5. The number of carbonyl (C=O) groups is 2. The number of amides is 1. The van der Waals surface area contributed by atoms with Gasteiger partial charge in [0, 0.05) is 53.5 Å². The Labute approximate surface area is 379 Å². The van der Waals surface area contributed by atoms with E-state index in [1.54, 1.807) is 62.8 Å². The van der Waals surface area contributed by atoms with Crippen molar-refractivity contribution in [1.29, 1.82) is 0 Å². The summed E-state index contributed by atoms with van der Waals surface area (Å²) < 4.78 is 3.44. The van der Waals surface area contributed by atoms with Crippen LogP contribution in [-0.2, 0) is 35.3 Å². The van der Waals surface area contributed by atoms with Crippen LogP contribution in [-0.4, -0.2) is 111 Å². The highest BCUT2D eigenvalue weighted by Crippen LogP contribution is 2.43. The number of aliphatic hydroxyl groups excluding tert-OH is 1. The predicted octanol–water partition coefficient (Wildman–Crippen LogP) is 7.54. The zero-order valence-electron chi connectivity index (χ0n) is 34.5. The molecule has 0 aliphatic heterocycles.